The van der Waals surface area contributed by atoms with Crippen LogP contribution >= 0.6 is 15.9 Å². The summed E-state index contributed by atoms with van der Waals surface area (Å²) in [5, 5.41) is 3.15. The van der Waals surface area contributed by atoms with Gasteiger partial charge in [-0.2, -0.15) is 4.31 Å². The Kier molecular flexibility index (Phi) is 5.60. The summed E-state index contributed by atoms with van der Waals surface area (Å²) < 4.78 is 27.5. The standard InChI is InChI=1S/C14H21BrN2O2S/c1-16-9-6-12-7-10-17(11-8-12)20(18,19)14-5-3-2-4-13(14)15/h2-5,12,16H,6-11H2,1H3. The third-order valence-electron chi connectivity index (χ3n) is 3.83. The number of hydrogen-bond donors (Lipinski definition) is 1. The molecule has 0 radical (unpaired) electrons. The number of benzene rings is 1. The van der Waals surface area contributed by atoms with Crippen LogP contribution in [0, 0.1) is 5.92 Å². The topological polar surface area (TPSA) is 49.4 Å². The maximum Gasteiger partial charge on any atom is 0.244 e. The minimum Gasteiger partial charge on any atom is -0.320 e. The van der Waals surface area contributed by atoms with E-state index >= 15 is 0 Å². The first-order chi connectivity index (χ1) is 9.55. The van der Waals surface area contributed by atoms with Gasteiger partial charge in [0.05, 0.1) is 4.90 Å². The number of rotatable bonds is 5. The molecule has 0 spiro atoms. The van der Waals surface area contributed by atoms with E-state index in [0.29, 0.717) is 28.4 Å². The number of piperidine rings is 1. The minimum absolute atomic E-state index is 0.369. The molecular formula is C14H21BrN2O2S. The Morgan fingerprint density at radius 2 is 1.95 bits per heavy atom. The molecule has 6 heteroatoms. The summed E-state index contributed by atoms with van der Waals surface area (Å²) in [4.78, 5) is 0.369. The summed E-state index contributed by atoms with van der Waals surface area (Å²) in [6, 6.07) is 7.02. The number of nitrogens with zero attached hydrogens (tertiary/aromatic N) is 1. The fourth-order valence-corrected chi connectivity index (χ4v) is 5.01. The molecule has 4 nitrogen and oxygen atoms in total. The van der Waals surface area contributed by atoms with Crippen LogP contribution in [0.4, 0.5) is 0 Å². The van der Waals surface area contributed by atoms with Gasteiger partial charge in [-0.15, -0.1) is 0 Å². The molecule has 1 aromatic carbocycles. The van der Waals surface area contributed by atoms with E-state index < -0.39 is 10.0 Å². The molecule has 112 valence electrons. The second-order valence-electron chi connectivity index (χ2n) is 5.17. The van der Waals surface area contributed by atoms with E-state index in [2.05, 4.69) is 21.2 Å². The predicted molar refractivity (Wildman–Crippen MR) is 84.2 cm³/mol. The Morgan fingerprint density at radius 3 is 2.55 bits per heavy atom. The molecule has 1 N–H and O–H groups in total. The van der Waals surface area contributed by atoms with Crippen LogP contribution in [0.5, 0.6) is 0 Å². The zero-order valence-electron chi connectivity index (χ0n) is 11.7. The second-order valence-corrected chi connectivity index (χ2v) is 7.93. The molecule has 1 aliphatic heterocycles. The van der Waals surface area contributed by atoms with Crippen LogP contribution in [0.3, 0.4) is 0 Å². The van der Waals surface area contributed by atoms with E-state index in [4.69, 9.17) is 0 Å². The average molecular weight is 361 g/mol. The quantitative estimate of drug-likeness (QED) is 0.877. The van der Waals surface area contributed by atoms with Crippen molar-refractivity contribution in [3.05, 3.63) is 28.7 Å². The molecule has 0 saturated carbocycles. The summed E-state index contributed by atoms with van der Waals surface area (Å²) in [7, 11) is -1.41. The summed E-state index contributed by atoms with van der Waals surface area (Å²) in [5.41, 5.74) is 0. The maximum atomic E-state index is 12.6. The van der Waals surface area contributed by atoms with Gasteiger partial charge in [-0.05, 0) is 66.8 Å². The Bertz CT molecular complexity index is 540. The van der Waals surface area contributed by atoms with Crippen LogP contribution in [-0.4, -0.2) is 39.4 Å². The van der Waals surface area contributed by atoms with Crippen LogP contribution in [0.2, 0.25) is 0 Å². The van der Waals surface area contributed by atoms with Crippen molar-refractivity contribution in [3.8, 4) is 0 Å². The number of hydrogen-bond acceptors (Lipinski definition) is 3. The summed E-state index contributed by atoms with van der Waals surface area (Å²) in [6.07, 6.45) is 3.02. The molecule has 0 amide bonds. The highest BCUT2D eigenvalue weighted by Gasteiger charge is 2.30. The smallest absolute Gasteiger partial charge is 0.244 e. The lowest BCUT2D eigenvalue weighted by Gasteiger charge is -2.31. The van der Waals surface area contributed by atoms with Crippen LogP contribution in [0.1, 0.15) is 19.3 Å². The molecule has 20 heavy (non-hydrogen) atoms. The van der Waals surface area contributed by atoms with Crippen LogP contribution in [0.25, 0.3) is 0 Å². The summed E-state index contributed by atoms with van der Waals surface area (Å²) >= 11 is 3.33. The third kappa shape index (κ3) is 3.61. The molecule has 1 saturated heterocycles. The molecule has 2 rings (SSSR count). The highest BCUT2D eigenvalue weighted by molar-refractivity contribution is 9.10. The molecule has 1 heterocycles. The van der Waals surface area contributed by atoms with E-state index in [9.17, 15) is 8.42 Å². The van der Waals surface area contributed by atoms with Crippen molar-refractivity contribution in [3.63, 3.8) is 0 Å². The monoisotopic (exact) mass is 360 g/mol. The van der Waals surface area contributed by atoms with Crippen molar-refractivity contribution in [2.75, 3.05) is 26.7 Å². The van der Waals surface area contributed by atoms with Gasteiger partial charge in [-0.1, -0.05) is 12.1 Å². The van der Waals surface area contributed by atoms with Crippen molar-refractivity contribution in [2.45, 2.75) is 24.2 Å². The summed E-state index contributed by atoms with van der Waals surface area (Å²) in [6.45, 7) is 2.25. The van der Waals surface area contributed by atoms with E-state index in [1.807, 2.05) is 13.1 Å². The van der Waals surface area contributed by atoms with Crippen molar-refractivity contribution < 1.29 is 8.42 Å². The number of sulfonamides is 1. The van der Waals surface area contributed by atoms with Crippen molar-refractivity contribution in [2.24, 2.45) is 5.92 Å². The molecule has 1 aromatic rings. The van der Waals surface area contributed by atoms with Gasteiger partial charge in [0.15, 0.2) is 0 Å². The largest absolute Gasteiger partial charge is 0.320 e. The van der Waals surface area contributed by atoms with Gasteiger partial charge in [0.25, 0.3) is 0 Å². The molecule has 1 fully saturated rings. The summed E-state index contributed by atoms with van der Waals surface area (Å²) in [5.74, 6) is 0.633. The first-order valence-corrected chi connectivity index (χ1v) is 9.18. The SMILES string of the molecule is CNCCC1CCN(S(=O)(=O)c2ccccc2Br)CC1. The number of nitrogens with one attached hydrogen (secondary N) is 1. The lowest BCUT2D eigenvalue weighted by atomic mass is 9.95. The Hall–Kier alpha value is -0.430. The number of halogens is 1. The van der Waals surface area contributed by atoms with Crippen LogP contribution in [-0.2, 0) is 10.0 Å². The molecule has 0 unspecified atom stereocenters. The van der Waals surface area contributed by atoms with Gasteiger partial charge >= 0.3 is 0 Å². The normalized spacial score (nSPS) is 18.3. The van der Waals surface area contributed by atoms with Gasteiger partial charge in [-0.3, -0.25) is 0 Å². The molecule has 0 aromatic heterocycles. The van der Waals surface area contributed by atoms with E-state index in [1.54, 1.807) is 22.5 Å². The van der Waals surface area contributed by atoms with Gasteiger partial charge in [0, 0.05) is 17.6 Å². The van der Waals surface area contributed by atoms with Crippen LogP contribution < -0.4 is 5.32 Å². The fourth-order valence-electron chi connectivity index (χ4n) is 2.58. The van der Waals surface area contributed by atoms with Gasteiger partial charge in [0.1, 0.15) is 0 Å². The van der Waals surface area contributed by atoms with Crippen molar-refractivity contribution in [1.29, 1.82) is 0 Å². The van der Waals surface area contributed by atoms with E-state index in [-0.39, 0.29) is 0 Å². The van der Waals surface area contributed by atoms with Gasteiger partial charge in [-0.25, -0.2) is 8.42 Å². The molecule has 0 aliphatic carbocycles. The first-order valence-electron chi connectivity index (χ1n) is 6.95. The Morgan fingerprint density at radius 1 is 1.30 bits per heavy atom. The van der Waals surface area contributed by atoms with Gasteiger partial charge in [0.2, 0.25) is 10.0 Å². The van der Waals surface area contributed by atoms with E-state index in [0.717, 1.165) is 25.8 Å². The molecular weight excluding hydrogens is 340 g/mol. The third-order valence-corrected chi connectivity index (χ3v) is 6.74. The first kappa shape index (κ1) is 15.9. The Balaban J connectivity index is 2.04. The Labute approximate surface area is 129 Å². The predicted octanol–water partition coefficient (Wildman–Crippen LogP) is 2.46. The average Bonchev–Trinajstić information content (AvgIpc) is 2.46. The highest BCUT2D eigenvalue weighted by atomic mass is 79.9. The highest BCUT2D eigenvalue weighted by Crippen LogP contribution is 2.28. The van der Waals surface area contributed by atoms with Crippen molar-refractivity contribution in [1.82, 2.24) is 9.62 Å². The zero-order chi connectivity index (χ0) is 14.6. The fraction of sp³-hybridized carbons (Fsp3) is 0.571. The van der Waals surface area contributed by atoms with Crippen molar-refractivity contribution >= 4 is 26.0 Å². The molecule has 0 atom stereocenters. The zero-order valence-corrected chi connectivity index (χ0v) is 14.1. The minimum atomic E-state index is -3.37. The van der Waals surface area contributed by atoms with Crippen LogP contribution in [0.15, 0.2) is 33.6 Å². The second kappa shape index (κ2) is 7.02. The lowest BCUT2D eigenvalue weighted by molar-refractivity contribution is 0.263. The molecule has 0 bridgehead atoms. The molecule has 1 aliphatic rings. The maximum absolute atomic E-state index is 12.6. The lowest BCUT2D eigenvalue weighted by Crippen LogP contribution is -2.39. The van der Waals surface area contributed by atoms with E-state index in [1.165, 1.54) is 0 Å². The van der Waals surface area contributed by atoms with Gasteiger partial charge < -0.3 is 5.32 Å².